The van der Waals surface area contributed by atoms with Gasteiger partial charge in [0.15, 0.2) is 0 Å². The van der Waals surface area contributed by atoms with E-state index in [9.17, 15) is 10.1 Å². The Morgan fingerprint density at radius 2 is 1.94 bits per heavy atom. The lowest BCUT2D eigenvalue weighted by Gasteiger charge is -2.03. The highest BCUT2D eigenvalue weighted by Crippen LogP contribution is 2.28. The molecule has 0 aliphatic carbocycles. The van der Waals surface area contributed by atoms with Crippen LogP contribution >= 0.6 is 11.8 Å². The van der Waals surface area contributed by atoms with Crippen LogP contribution in [0.25, 0.3) is 0 Å². The molecule has 1 aromatic carbocycles. The number of anilines is 1. The maximum absolute atomic E-state index is 10.5. The fourth-order valence-electron chi connectivity index (χ4n) is 1.37. The van der Waals surface area contributed by atoms with Crippen molar-refractivity contribution in [2.24, 2.45) is 0 Å². The van der Waals surface area contributed by atoms with Crippen LogP contribution in [-0.4, -0.2) is 17.0 Å². The van der Waals surface area contributed by atoms with Gasteiger partial charge in [0.25, 0.3) is 5.69 Å². The molecule has 0 fully saturated rings. The molecule has 2 rings (SSSR count). The molecule has 0 unspecified atom stereocenters. The SMILES string of the molecule is CNc1cccc(Sc2ccc([N+](=O)[O-])cc2)n1. The highest BCUT2D eigenvalue weighted by molar-refractivity contribution is 7.99. The minimum Gasteiger partial charge on any atom is -0.373 e. The fourth-order valence-corrected chi connectivity index (χ4v) is 2.17. The van der Waals surface area contributed by atoms with Gasteiger partial charge in [-0.15, -0.1) is 0 Å². The smallest absolute Gasteiger partial charge is 0.269 e. The van der Waals surface area contributed by atoms with Crippen molar-refractivity contribution in [2.75, 3.05) is 12.4 Å². The zero-order valence-corrected chi connectivity index (χ0v) is 10.5. The Labute approximate surface area is 108 Å². The maximum Gasteiger partial charge on any atom is 0.269 e. The van der Waals surface area contributed by atoms with E-state index < -0.39 is 4.92 Å². The lowest BCUT2D eigenvalue weighted by Crippen LogP contribution is -1.92. The minimum absolute atomic E-state index is 0.0938. The van der Waals surface area contributed by atoms with Crippen molar-refractivity contribution in [1.82, 2.24) is 4.98 Å². The molecule has 0 amide bonds. The molecule has 0 radical (unpaired) electrons. The molecule has 1 aromatic heterocycles. The van der Waals surface area contributed by atoms with Gasteiger partial charge >= 0.3 is 0 Å². The molecule has 0 bridgehead atoms. The summed E-state index contributed by atoms with van der Waals surface area (Å²) in [5.41, 5.74) is 0.0938. The van der Waals surface area contributed by atoms with Gasteiger partial charge in [-0.25, -0.2) is 4.98 Å². The monoisotopic (exact) mass is 261 g/mol. The standard InChI is InChI=1S/C12H11N3O2S/c1-13-11-3-2-4-12(14-11)18-10-7-5-9(6-8-10)15(16)17/h2-8H,1H3,(H,13,14). The van der Waals surface area contributed by atoms with Crippen molar-refractivity contribution in [3.8, 4) is 0 Å². The van der Waals surface area contributed by atoms with E-state index in [1.165, 1.54) is 23.9 Å². The first-order valence-corrected chi connectivity index (χ1v) is 6.08. The molecule has 92 valence electrons. The molecule has 0 aliphatic rings. The highest BCUT2D eigenvalue weighted by Gasteiger charge is 2.05. The predicted octanol–water partition coefficient (Wildman–Crippen LogP) is 3.18. The van der Waals surface area contributed by atoms with E-state index in [-0.39, 0.29) is 5.69 Å². The van der Waals surface area contributed by atoms with Crippen LogP contribution in [0.5, 0.6) is 0 Å². The van der Waals surface area contributed by atoms with Crippen molar-refractivity contribution in [3.63, 3.8) is 0 Å². The van der Waals surface area contributed by atoms with E-state index in [1.807, 2.05) is 25.2 Å². The van der Waals surface area contributed by atoms with Gasteiger partial charge in [0, 0.05) is 24.1 Å². The summed E-state index contributed by atoms with van der Waals surface area (Å²) in [5, 5.41) is 14.3. The Balaban J connectivity index is 2.15. The predicted molar refractivity (Wildman–Crippen MR) is 71.0 cm³/mol. The van der Waals surface area contributed by atoms with E-state index in [4.69, 9.17) is 0 Å². The molecule has 0 saturated heterocycles. The third-order valence-corrected chi connectivity index (χ3v) is 3.19. The molecular formula is C12H11N3O2S. The summed E-state index contributed by atoms with van der Waals surface area (Å²) in [5.74, 6) is 0.793. The number of hydrogen-bond acceptors (Lipinski definition) is 5. The molecule has 2 aromatic rings. The first-order chi connectivity index (χ1) is 8.69. The lowest BCUT2D eigenvalue weighted by molar-refractivity contribution is -0.384. The number of aromatic nitrogens is 1. The summed E-state index contributed by atoms with van der Waals surface area (Å²) < 4.78 is 0. The van der Waals surface area contributed by atoms with Crippen molar-refractivity contribution in [2.45, 2.75) is 9.92 Å². The third-order valence-electron chi connectivity index (χ3n) is 2.25. The van der Waals surface area contributed by atoms with Crippen molar-refractivity contribution in [3.05, 3.63) is 52.6 Å². The number of pyridine rings is 1. The number of benzene rings is 1. The zero-order chi connectivity index (χ0) is 13.0. The Morgan fingerprint density at radius 1 is 1.22 bits per heavy atom. The van der Waals surface area contributed by atoms with Gasteiger partial charge in [0.2, 0.25) is 0 Å². The first kappa shape index (κ1) is 12.4. The molecule has 0 aliphatic heterocycles. The number of nitrogens with zero attached hydrogens (tertiary/aromatic N) is 2. The van der Waals surface area contributed by atoms with Crippen LogP contribution in [0.1, 0.15) is 0 Å². The highest BCUT2D eigenvalue weighted by atomic mass is 32.2. The van der Waals surface area contributed by atoms with Crippen LogP contribution in [-0.2, 0) is 0 Å². The zero-order valence-electron chi connectivity index (χ0n) is 9.66. The van der Waals surface area contributed by atoms with Crippen LogP contribution in [0.2, 0.25) is 0 Å². The summed E-state index contributed by atoms with van der Waals surface area (Å²) in [6.45, 7) is 0. The first-order valence-electron chi connectivity index (χ1n) is 5.26. The summed E-state index contributed by atoms with van der Waals surface area (Å²) in [6, 6.07) is 12.1. The van der Waals surface area contributed by atoms with Crippen molar-refractivity contribution < 1.29 is 4.92 Å². The molecule has 1 heterocycles. The van der Waals surface area contributed by atoms with Crippen molar-refractivity contribution in [1.29, 1.82) is 0 Å². The number of nitrogens with one attached hydrogen (secondary N) is 1. The normalized spacial score (nSPS) is 10.1. The summed E-state index contributed by atoms with van der Waals surface area (Å²) in [6.07, 6.45) is 0. The van der Waals surface area contributed by atoms with E-state index in [2.05, 4.69) is 10.3 Å². The van der Waals surface area contributed by atoms with Crippen LogP contribution in [0.3, 0.4) is 0 Å². The Morgan fingerprint density at radius 3 is 2.56 bits per heavy atom. The van der Waals surface area contributed by atoms with Crippen LogP contribution in [0.4, 0.5) is 11.5 Å². The molecule has 0 saturated carbocycles. The van der Waals surface area contributed by atoms with E-state index >= 15 is 0 Å². The largest absolute Gasteiger partial charge is 0.373 e. The van der Waals surface area contributed by atoms with Crippen LogP contribution in [0.15, 0.2) is 52.4 Å². The van der Waals surface area contributed by atoms with Gasteiger partial charge in [-0.2, -0.15) is 0 Å². The van der Waals surface area contributed by atoms with Gasteiger partial charge in [0.1, 0.15) is 10.8 Å². The second kappa shape index (κ2) is 5.50. The lowest BCUT2D eigenvalue weighted by atomic mass is 10.3. The van der Waals surface area contributed by atoms with Crippen molar-refractivity contribution >= 4 is 23.3 Å². The quantitative estimate of drug-likeness (QED) is 0.676. The van der Waals surface area contributed by atoms with Crippen LogP contribution < -0.4 is 5.32 Å². The van der Waals surface area contributed by atoms with E-state index in [0.29, 0.717) is 0 Å². The maximum atomic E-state index is 10.5. The van der Waals surface area contributed by atoms with Gasteiger partial charge in [-0.05, 0) is 24.3 Å². The second-order valence-corrected chi connectivity index (χ2v) is 4.56. The number of nitro benzene ring substituents is 1. The van der Waals surface area contributed by atoms with Gasteiger partial charge in [-0.1, -0.05) is 17.8 Å². The Hall–Kier alpha value is -2.08. The summed E-state index contributed by atoms with van der Waals surface area (Å²) >= 11 is 1.46. The Bertz CT molecular complexity index is 558. The Kier molecular flexibility index (Phi) is 3.78. The average molecular weight is 261 g/mol. The number of nitro groups is 1. The van der Waals surface area contributed by atoms with Gasteiger partial charge in [0.05, 0.1) is 4.92 Å². The average Bonchev–Trinajstić information content (AvgIpc) is 2.39. The number of non-ortho nitro benzene ring substituents is 1. The molecular weight excluding hydrogens is 250 g/mol. The molecule has 6 heteroatoms. The fraction of sp³-hybridized carbons (Fsp3) is 0.0833. The molecule has 18 heavy (non-hydrogen) atoms. The number of hydrogen-bond donors (Lipinski definition) is 1. The topological polar surface area (TPSA) is 68.1 Å². The molecule has 0 spiro atoms. The van der Waals surface area contributed by atoms with Gasteiger partial charge in [-0.3, -0.25) is 10.1 Å². The molecule has 1 N–H and O–H groups in total. The summed E-state index contributed by atoms with van der Waals surface area (Å²) in [7, 11) is 1.81. The van der Waals surface area contributed by atoms with Gasteiger partial charge < -0.3 is 5.32 Å². The van der Waals surface area contributed by atoms with E-state index in [0.717, 1.165) is 15.7 Å². The number of rotatable bonds is 4. The minimum atomic E-state index is -0.408. The summed E-state index contributed by atoms with van der Waals surface area (Å²) in [4.78, 5) is 15.4. The molecule has 0 atom stereocenters. The van der Waals surface area contributed by atoms with Crippen LogP contribution in [0, 0.1) is 10.1 Å². The van der Waals surface area contributed by atoms with E-state index in [1.54, 1.807) is 12.1 Å². The molecule has 5 nitrogen and oxygen atoms in total. The third kappa shape index (κ3) is 2.98. The second-order valence-electron chi connectivity index (χ2n) is 3.46.